The summed E-state index contributed by atoms with van der Waals surface area (Å²) in [5.74, 6) is 3.52. The highest BCUT2D eigenvalue weighted by Crippen LogP contribution is 2.12. The lowest BCUT2D eigenvalue weighted by Crippen LogP contribution is -2.39. The number of halogens is 1. The Hall–Kier alpha value is -1.84. The highest BCUT2D eigenvalue weighted by Gasteiger charge is 2.09. The molecule has 27 heavy (non-hydrogen) atoms. The van der Waals surface area contributed by atoms with Crippen LogP contribution in [0.3, 0.4) is 0 Å². The average Bonchev–Trinajstić information content (AvgIpc) is 2.98. The fourth-order valence-electron chi connectivity index (χ4n) is 2.47. The Morgan fingerprint density at radius 3 is 2.52 bits per heavy atom. The standard InChI is InChI=1S/C19H30N6O.HI/c1-6-7-12-24(3)19(21-14-18-23-22-15(2)25(18)4)20-13-16-8-10-17(26-5)11-9-16;/h8-11H,6-7,12-14H2,1-5H3,(H,20,21);1H. The molecule has 1 heterocycles. The van der Waals surface area contributed by atoms with Crippen molar-refractivity contribution in [2.24, 2.45) is 12.0 Å². The number of aromatic nitrogens is 3. The molecule has 7 nitrogen and oxygen atoms in total. The van der Waals surface area contributed by atoms with Crippen molar-refractivity contribution in [1.82, 2.24) is 25.0 Å². The largest absolute Gasteiger partial charge is 0.497 e. The molecule has 0 amide bonds. The minimum Gasteiger partial charge on any atom is -0.497 e. The topological polar surface area (TPSA) is 67.6 Å². The monoisotopic (exact) mass is 486 g/mol. The maximum atomic E-state index is 5.21. The zero-order chi connectivity index (χ0) is 18.9. The number of aliphatic imine (C=N–C) groups is 1. The molecule has 0 bridgehead atoms. The summed E-state index contributed by atoms with van der Waals surface area (Å²) in [6.07, 6.45) is 2.28. The van der Waals surface area contributed by atoms with Crippen molar-refractivity contribution in [3.05, 3.63) is 41.5 Å². The second-order valence-corrected chi connectivity index (χ2v) is 6.34. The Kier molecular flexibility index (Phi) is 10.1. The molecule has 1 N–H and O–H groups in total. The Balaban J connectivity index is 0.00000364. The summed E-state index contributed by atoms with van der Waals surface area (Å²) in [4.78, 5) is 6.95. The Morgan fingerprint density at radius 2 is 1.96 bits per heavy atom. The second-order valence-electron chi connectivity index (χ2n) is 6.34. The van der Waals surface area contributed by atoms with Crippen molar-refractivity contribution in [1.29, 1.82) is 0 Å². The number of aryl methyl sites for hydroxylation is 1. The molecule has 0 spiro atoms. The molecule has 0 aliphatic rings. The number of hydrogen-bond donors (Lipinski definition) is 1. The van der Waals surface area contributed by atoms with E-state index >= 15 is 0 Å². The highest BCUT2D eigenvalue weighted by atomic mass is 127. The van der Waals surface area contributed by atoms with Gasteiger partial charge in [0, 0.05) is 20.6 Å². The summed E-state index contributed by atoms with van der Waals surface area (Å²) in [5, 5.41) is 11.7. The molecule has 0 saturated heterocycles. The fourth-order valence-corrected chi connectivity index (χ4v) is 2.47. The van der Waals surface area contributed by atoms with Gasteiger partial charge in [-0.2, -0.15) is 0 Å². The number of nitrogens with zero attached hydrogens (tertiary/aromatic N) is 5. The van der Waals surface area contributed by atoms with E-state index in [2.05, 4.69) is 34.4 Å². The maximum absolute atomic E-state index is 5.21. The number of benzene rings is 1. The van der Waals surface area contributed by atoms with Crippen molar-refractivity contribution in [3.8, 4) is 5.75 Å². The van der Waals surface area contributed by atoms with Crippen molar-refractivity contribution in [3.63, 3.8) is 0 Å². The van der Waals surface area contributed by atoms with Crippen molar-refractivity contribution in [2.75, 3.05) is 20.7 Å². The van der Waals surface area contributed by atoms with Gasteiger partial charge in [0.15, 0.2) is 11.8 Å². The first kappa shape index (κ1) is 23.2. The van der Waals surface area contributed by atoms with E-state index < -0.39 is 0 Å². The fraction of sp³-hybridized carbons (Fsp3) is 0.526. The van der Waals surface area contributed by atoms with E-state index in [-0.39, 0.29) is 24.0 Å². The van der Waals surface area contributed by atoms with Crippen LogP contribution in [0.5, 0.6) is 5.75 Å². The van der Waals surface area contributed by atoms with Crippen molar-refractivity contribution >= 4 is 29.9 Å². The molecule has 1 aromatic heterocycles. The first-order valence-electron chi connectivity index (χ1n) is 9.02. The predicted octanol–water partition coefficient (Wildman–Crippen LogP) is 3.13. The van der Waals surface area contributed by atoms with Crippen LogP contribution in [0, 0.1) is 6.92 Å². The number of rotatable bonds is 8. The number of ether oxygens (including phenoxy) is 1. The lowest BCUT2D eigenvalue weighted by Gasteiger charge is -2.22. The Labute approximate surface area is 179 Å². The van der Waals surface area contributed by atoms with Crippen LogP contribution in [0.2, 0.25) is 0 Å². The lowest BCUT2D eigenvalue weighted by atomic mass is 10.2. The van der Waals surface area contributed by atoms with Gasteiger partial charge in [-0.25, -0.2) is 4.99 Å². The van der Waals surface area contributed by atoms with Crippen LogP contribution in [-0.4, -0.2) is 46.3 Å². The smallest absolute Gasteiger partial charge is 0.194 e. The molecule has 1 aromatic carbocycles. The minimum atomic E-state index is 0. The summed E-state index contributed by atoms with van der Waals surface area (Å²) < 4.78 is 7.19. The van der Waals surface area contributed by atoms with Crippen LogP contribution in [0.15, 0.2) is 29.3 Å². The molecule has 8 heteroatoms. The molecule has 0 atom stereocenters. The first-order chi connectivity index (χ1) is 12.5. The number of hydrogen-bond acceptors (Lipinski definition) is 4. The van der Waals surface area contributed by atoms with E-state index in [1.165, 1.54) is 0 Å². The third-order valence-corrected chi connectivity index (χ3v) is 4.37. The number of unbranched alkanes of at least 4 members (excludes halogenated alkanes) is 1. The van der Waals surface area contributed by atoms with Crippen LogP contribution >= 0.6 is 24.0 Å². The van der Waals surface area contributed by atoms with Gasteiger partial charge in [0.2, 0.25) is 0 Å². The van der Waals surface area contributed by atoms with E-state index in [0.717, 1.165) is 48.3 Å². The molecule has 150 valence electrons. The zero-order valence-corrected chi connectivity index (χ0v) is 19.2. The van der Waals surface area contributed by atoms with Crippen LogP contribution < -0.4 is 10.1 Å². The first-order valence-corrected chi connectivity index (χ1v) is 9.02. The molecule has 0 radical (unpaired) electrons. The molecular weight excluding hydrogens is 455 g/mol. The summed E-state index contributed by atoms with van der Waals surface area (Å²) in [7, 11) is 5.71. The molecule has 2 rings (SSSR count). The van der Waals surface area contributed by atoms with E-state index in [4.69, 9.17) is 9.73 Å². The lowest BCUT2D eigenvalue weighted by molar-refractivity contribution is 0.414. The Bertz CT molecular complexity index is 713. The molecule has 0 aliphatic carbocycles. The van der Waals surface area contributed by atoms with Gasteiger partial charge in [-0.1, -0.05) is 25.5 Å². The van der Waals surface area contributed by atoms with E-state index in [1.807, 2.05) is 42.8 Å². The third kappa shape index (κ3) is 7.00. The van der Waals surface area contributed by atoms with Crippen molar-refractivity contribution in [2.45, 2.75) is 39.8 Å². The summed E-state index contributed by atoms with van der Waals surface area (Å²) in [6.45, 7) is 6.30. The van der Waals surface area contributed by atoms with Gasteiger partial charge >= 0.3 is 0 Å². The average molecular weight is 486 g/mol. The molecule has 0 unspecified atom stereocenters. The summed E-state index contributed by atoms with van der Waals surface area (Å²) in [5.41, 5.74) is 1.14. The number of guanidine groups is 1. The van der Waals surface area contributed by atoms with E-state index in [9.17, 15) is 0 Å². The number of methoxy groups -OCH3 is 1. The highest BCUT2D eigenvalue weighted by molar-refractivity contribution is 14.0. The zero-order valence-electron chi connectivity index (χ0n) is 16.9. The molecule has 0 fully saturated rings. The number of nitrogens with one attached hydrogen (secondary N) is 1. The third-order valence-electron chi connectivity index (χ3n) is 4.37. The maximum Gasteiger partial charge on any atom is 0.194 e. The summed E-state index contributed by atoms with van der Waals surface area (Å²) in [6, 6.07) is 8.00. The van der Waals surface area contributed by atoms with E-state index in [1.54, 1.807) is 7.11 Å². The van der Waals surface area contributed by atoms with E-state index in [0.29, 0.717) is 13.1 Å². The molecule has 0 aliphatic heterocycles. The van der Waals surface area contributed by atoms with Crippen LogP contribution in [0.1, 0.15) is 37.0 Å². The van der Waals surface area contributed by atoms with Gasteiger partial charge in [0.05, 0.1) is 20.2 Å². The second kappa shape index (κ2) is 11.8. The minimum absolute atomic E-state index is 0. The van der Waals surface area contributed by atoms with Crippen LogP contribution in [-0.2, 0) is 20.1 Å². The SMILES string of the molecule is CCCCN(C)C(=NCc1ccc(OC)cc1)NCc1nnc(C)n1C.I. The van der Waals surface area contributed by atoms with Gasteiger partial charge in [-0.15, -0.1) is 34.2 Å². The predicted molar refractivity (Wildman–Crippen MR) is 120 cm³/mol. The quantitative estimate of drug-likeness (QED) is 0.353. The normalized spacial score (nSPS) is 11.1. The summed E-state index contributed by atoms with van der Waals surface area (Å²) >= 11 is 0. The van der Waals surface area contributed by atoms with Gasteiger partial charge in [0.1, 0.15) is 11.6 Å². The molecule has 0 saturated carbocycles. The van der Waals surface area contributed by atoms with Gasteiger partial charge in [-0.3, -0.25) is 0 Å². The molecule has 2 aromatic rings. The van der Waals surface area contributed by atoms with Crippen LogP contribution in [0.4, 0.5) is 0 Å². The van der Waals surface area contributed by atoms with Crippen LogP contribution in [0.25, 0.3) is 0 Å². The Morgan fingerprint density at radius 1 is 1.26 bits per heavy atom. The molecular formula is C19H31IN6O. The van der Waals surface area contributed by atoms with Gasteiger partial charge in [-0.05, 0) is 31.0 Å². The van der Waals surface area contributed by atoms with Gasteiger partial charge in [0.25, 0.3) is 0 Å². The van der Waals surface area contributed by atoms with Gasteiger partial charge < -0.3 is 19.5 Å². The van der Waals surface area contributed by atoms with Crippen molar-refractivity contribution < 1.29 is 4.74 Å².